The molecule has 0 aliphatic heterocycles. The van der Waals surface area contributed by atoms with E-state index in [0.29, 0.717) is 22.8 Å². The minimum Gasteiger partial charge on any atom is -0.444 e. The van der Waals surface area contributed by atoms with Crippen LogP contribution in [0.2, 0.25) is 0 Å². The van der Waals surface area contributed by atoms with Crippen LogP contribution in [0.5, 0.6) is 0 Å². The van der Waals surface area contributed by atoms with Gasteiger partial charge < -0.3 is 10.1 Å². The average Bonchev–Trinajstić information content (AvgIpc) is 3.46. The predicted octanol–water partition coefficient (Wildman–Crippen LogP) is 4.99. The number of carbonyl (C=O) groups is 2. The normalized spacial score (nSPS) is 10.5. The van der Waals surface area contributed by atoms with E-state index in [1.807, 2.05) is 71.5 Å². The Morgan fingerprint density at radius 1 is 0.935 bits per heavy atom. The molecule has 31 heavy (non-hydrogen) atoms. The summed E-state index contributed by atoms with van der Waals surface area (Å²) in [6.45, 7) is 0.814. The van der Waals surface area contributed by atoms with Gasteiger partial charge in [-0.3, -0.25) is 14.8 Å². The molecule has 0 saturated heterocycles. The zero-order valence-electron chi connectivity index (χ0n) is 16.5. The summed E-state index contributed by atoms with van der Waals surface area (Å²) in [5.41, 5.74) is 3.04. The first-order chi connectivity index (χ1) is 15.2. The molecule has 8 heteroatoms. The van der Waals surface area contributed by atoms with Crippen molar-refractivity contribution in [1.82, 2.24) is 9.78 Å². The monoisotopic (exact) mass is 432 g/mol. The second kappa shape index (κ2) is 9.73. The first kappa shape index (κ1) is 20.4. The number of nitrogens with one attached hydrogen (secondary N) is 2. The molecule has 0 atom stereocenters. The van der Waals surface area contributed by atoms with Crippen LogP contribution in [0.25, 0.3) is 0 Å². The lowest BCUT2D eigenvalue weighted by Crippen LogP contribution is -2.17. The molecule has 2 heterocycles. The van der Waals surface area contributed by atoms with Crippen LogP contribution in [0.4, 0.5) is 16.2 Å². The summed E-state index contributed by atoms with van der Waals surface area (Å²) < 4.78 is 7.05. The molecule has 0 saturated carbocycles. The Bertz CT molecular complexity index is 1140. The summed E-state index contributed by atoms with van der Waals surface area (Å²) in [7, 11) is 0. The van der Waals surface area contributed by atoms with Crippen molar-refractivity contribution in [2.75, 3.05) is 10.6 Å². The fourth-order valence-electron chi connectivity index (χ4n) is 2.92. The predicted molar refractivity (Wildman–Crippen MR) is 120 cm³/mol. The van der Waals surface area contributed by atoms with E-state index in [-0.39, 0.29) is 12.5 Å². The SMILES string of the molecule is O=C(Nc1ccsc1C(=O)Nc1ccc(Cn2cccn2)cc1)OCc1ccccc1. The largest absolute Gasteiger partial charge is 0.444 e. The average molecular weight is 433 g/mol. The van der Waals surface area contributed by atoms with Crippen molar-refractivity contribution in [1.29, 1.82) is 0 Å². The molecular weight excluding hydrogens is 412 g/mol. The molecule has 2 aromatic heterocycles. The number of hydrogen-bond donors (Lipinski definition) is 2. The van der Waals surface area contributed by atoms with Gasteiger partial charge in [0.2, 0.25) is 0 Å². The third kappa shape index (κ3) is 5.58. The molecule has 7 nitrogen and oxygen atoms in total. The smallest absolute Gasteiger partial charge is 0.412 e. The lowest BCUT2D eigenvalue weighted by molar-refractivity contribution is 0.103. The number of amides is 2. The van der Waals surface area contributed by atoms with Crippen molar-refractivity contribution in [2.45, 2.75) is 13.2 Å². The second-order valence-corrected chi connectivity index (χ2v) is 7.62. The van der Waals surface area contributed by atoms with Crippen molar-refractivity contribution in [2.24, 2.45) is 0 Å². The van der Waals surface area contributed by atoms with Crippen LogP contribution in [-0.4, -0.2) is 21.8 Å². The van der Waals surface area contributed by atoms with Gasteiger partial charge in [-0.25, -0.2) is 4.79 Å². The minimum atomic E-state index is -0.612. The highest BCUT2D eigenvalue weighted by Gasteiger charge is 2.16. The van der Waals surface area contributed by atoms with E-state index in [1.165, 1.54) is 11.3 Å². The van der Waals surface area contributed by atoms with E-state index in [0.717, 1.165) is 11.1 Å². The molecule has 0 spiro atoms. The number of ether oxygens (including phenoxy) is 1. The van der Waals surface area contributed by atoms with Crippen molar-refractivity contribution < 1.29 is 14.3 Å². The molecule has 0 unspecified atom stereocenters. The van der Waals surface area contributed by atoms with Crippen molar-refractivity contribution in [3.63, 3.8) is 0 Å². The summed E-state index contributed by atoms with van der Waals surface area (Å²) in [5, 5.41) is 11.4. The van der Waals surface area contributed by atoms with Crippen LogP contribution in [-0.2, 0) is 17.9 Å². The molecule has 0 fully saturated rings. The Morgan fingerprint density at radius 2 is 1.74 bits per heavy atom. The maximum absolute atomic E-state index is 12.7. The maximum atomic E-state index is 12.7. The molecule has 0 radical (unpaired) electrons. The Kier molecular flexibility index (Phi) is 6.39. The van der Waals surface area contributed by atoms with E-state index >= 15 is 0 Å². The second-order valence-electron chi connectivity index (χ2n) is 6.70. The van der Waals surface area contributed by atoms with Crippen LogP contribution in [0.1, 0.15) is 20.8 Å². The van der Waals surface area contributed by atoms with Crippen LogP contribution in [0.3, 0.4) is 0 Å². The lowest BCUT2D eigenvalue weighted by atomic mass is 10.2. The van der Waals surface area contributed by atoms with Gasteiger partial charge in [-0.05, 0) is 40.8 Å². The fraction of sp³-hybridized carbons (Fsp3) is 0.0870. The molecule has 2 amide bonds. The van der Waals surface area contributed by atoms with Gasteiger partial charge in [-0.2, -0.15) is 5.10 Å². The molecule has 4 aromatic rings. The maximum Gasteiger partial charge on any atom is 0.412 e. The van der Waals surface area contributed by atoms with Gasteiger partial charge in [0, 0.05) is 18.1 Å². The highest BCUT2D eigenvalue weighted by atomic mass is 32.1. The summed E-state index contributed by atoms with van der Waals surface area (Å²) in [5.74, 6) is -0.298. The first-order valence-electron chi connectivity index (χ1n) is 9.60. The number of anilines is 2. The van der Waals surface area contributed by atoms with Gasteiger partial charge in [0.1, 0.15) is 11.5 Å². The molecule has 2 aromatic carbocycles. The molecule has 0 bridgehead atoms. The van der Waals surface area contributed by atoms with Gasteiger partial charge >= 0.3 is 6.09 Å². The first-order valence-corrected chi connectivity index (χ1v) is 10.5. The molecule has 0 aliphatic rings. The number of rotatable bonds is 7. The third-order valence-electron chi connectivity index (χ3n) is 4.44. The zero-order valence-corrected chi connectivity index (χ0v) is 17.3. The van der Waals surface area contributed by atoms with Crippen LogP contribution in [0, 0.1) is 0 Å². The number of thiophene rings is 1. The quantitative estimate of drug-likeness (QED) is 0.431. The van der Waals surface area contributed by atoms with Crippen LogP contribution in [0.15, 0.2) is 84.5 Å². The van der Waals surface area contributed by atoms with Crippen molar-refractivity contribution in [3.8, 4) is 0 Å². The van der Waals surface area contributed by atoms with Gasteiger partial charge in [-0.1, -0.05) is 42.5 Å². The van der Waals surface area contributed by atoms with Crippen LogP contribution >= 0.6 is 11.3 Å². The molecular formula is C23H20N4O3S. The molecule has 156 valence electrons. The Balaban J connectivity index is 1.33. The minimum absolute atomic E-state index is 0.156. The summed E-state index contributed by atoms with van der Waals surface area (Å²) in [4.78, 5) is 25.2. The summed E-state index contributed by atoms with van der Waals surface area (Å²) in [6, 6.07) is 20.5. The van der Waals surface area contributed by atoms with Gasteiger partial charge in [0.25, 0.3) is 5.91 Å². The highest BCUT2D eigenvalue weighted by molar-refractivity contribution is 7.12. The van der Waals surface area contributed by atoms with Crippen LogP contribution < -0.4 is 10.6 Å². The number of nitrogens with zero attached hydrogens (tertiary/aromatic N) is 2. The standard InChI is InChI=1S/C23H20N4O3S/c28-22(25-19-9-7-17(8-10-19)15-27-13-4-12-24-27)21-20(11-14-31-21)26-23(29)30-16-18-5-2-1-3-6-18/h1-14H,15-16H2,(H,25,28)(H,26,29). The van der Waals surface area contributed by atoms with Gasteiger partial charge in [0.15, 0.2) is 0 Å². The van der Waals surface area contributed by atoms with Crippen molar-refractivity contribution >= 4 is 34.7 Å². The van der Waals surface area contributed by atoms with Gasteiger partial charge in [-0.15, -0.1) is 11.3 Å². The fourth-order valence-corrected chi connectivity index (χ4v) is 3.66. The zero-order chi connectivity index (χ0) is 21.5. The molecule has 0 aliphatic carbocycles. The topological polar surface area (TPSA) is 85.3 Å². The van der Waals surface area contributed by atoms with E-state index < -0.39 is 6.09 Å². The van der Waals surface area contributed by atoms with E-state index in [2.05, 4.69) is 15.7 Å². The van der Waals surface area contributed by atoms with E-state index in [9.17, 15) is 9.59 Å². The van der Waals surface area contributed by atoms with Gasteiger partial charge in [0.05, 0.1) is 12.2 Å². The summed E-state index contributed by atoms with van der Waals surface area (Å²) >= 11 is 1.25. The van der Waals surface area contributed by atoms with Crippen molar-refractivity contribution in [3.05, 3.63) is 101 Å². The number of benzene rings is 2. The molecule has 2 N–H and O–H groups in total. The number of carbonyl (C=O) groups excluding carboxylic acids is 2. The number of hydrogen-bond acceptors (Lipinski definition) is 5. The molecule has 4 rings (SSSR count). The lowest BCUT2D eigenvalue weighted by Gasteiger charge is -2.09. The summed E-state index contributed by atoms with van der Waals surface area (Å²) in [6.07, 6.45) is 3.02. The number of aromatic nitrogens is 2. The Morgan fingerprint density at radius 3 is 2.48 bits per heavy atom. The highest BCUT2D eigenvalue weighted by Crippen LogP contribution is 2.24. The Labute approximate surface area is 183 Å². The van der Waals surface area contributed by atoms with E-state index in [4.69, 9.17) is 4.74 Å². The Hall–Kier alpha value is -3.91. The third-order valence-corrected chi connectivity index (χ3v) is 5.35. The van der Waals surface area contributed by atoms with E-state index in [1.54, 1.807) is 17.6 Å².